The molecule has 6 rings (SSSR count). The van der Waals surface area contributed by atoms with Crippen molar-refractivity contribution in [2.24, 2.45) is 4.99 Å². The monoisotopic (exact) mass is 488 g/mol. The maximum absolute atomic E-state index is 13.0. The Bertz CT molecular complexity index is 1640. The summed E-state index contributed by atoms with van der Waals surface area (Å²) in [5.74, 6) is 2.91. The predicted octanol–water partition coefficient (Wildman–Crippen LogP) is 7.26. The van der Waals surface area contributed by atoms with Crippen LogP contribution in [0, 0.1) is 27.7 Å². The van der Waals surface area contributed by atoms with Gasteiger partial charge in [0.25, 0.3) is 5.91 Å². The maximum Gasteiger partial charge on any atom is 0.280 e. The lowest BCUT2D eigenvalue weighted by Crippen LogP contribution is -1.96. The van der Waals surface area contributed by atoms with Crippen LogP contribution in [0.4, 0.5) is 0 Å². The van der Waals surface area contributed by atoms with E-state index in [0.29, 0.717) is 22.5 Å². The van der Waals surface area contributed by atoms with Crippen molar-refractivity contribution in [2.45, 2.75) is 27.7 Å². The molecule has 8 heteroatoms. The van der Waals surface area contributed by atoms with E-state index in [2.05, 4.69) is 9.98 Å². The zero-order valence-electron chi connectivity index (χ0n) is 18.9. The molecule has 1 aliphatic heterocycles. The number of furan rings is 2. The van der Waals surface area contributed by atoms with E-state index in [1.54, 1.807) is 0 Å². The van der Waals surface area contributed by atoms with Crippen LogP contribution >= 0.6 is 22.7 Å². The van der Waals surface area contributed by atoms with Gasteiger partial charge < -0.3 is 18.9 Å². The lowest BCUT2D eigenvalue weighted by molar-refractivity contribution is 0.101. The van der Waals surface area contributed by atoms with Crippen LogP contribution in [0.15, 0.2) is 50.2 Å². The predicted molar refractivity (Wildman–Crippen MR) is 134 cm³/mol. The summed E-state index contributed by atoms with van der Waals surface area (Å²) in [6, 6.07) is 11.8. The number of rotatable bonds is 4. The number of aryl methyl sites for hydroxylation is 4. The molecule has 2 N–H and O–H groups in total. The molecule has 0 aliphatic carbocycles. The van der Waals surface area contributed by atoms with E-state index in [9.17, 15) is 9.90 Å². The summed E-state index contributed by atoms with van der Waals surface area (Å²) in [5.41, 5.74) is 4.00. The number of nitrogens with one attached hydrogen (secondary N) is 1. The smallest absolute Gasteiger partial charge is 0.280 e. The number of aromatic hydroxyl groups is 1. The first-order valence-corrected chi connectivity index (χ1v) is 12.4. The number of H-pyrrole nitrogens is 1. The number of aromatic amines is 1. The molecule has 6 heterocycles. The summed E-state index contributed by atoms with van der Waals surface area (Å²) >= 11 is 2.99. The Morgan fingerprint density at radius 3 is 1.88 bits per heavy atom. The average molecular weight is 489 g/mol. The van der Waals surface area contributed by atoms with Gasteiger partial charge in [0.15, 0.2) is 5.88 Å². The Morgan fingerprint density at radius 2 is 1.32 bits per heavy atom. The molecular formula is C26H20N2O4S2. The van der Waals surface area contributed by atoms with Gasteiger partial charge >= 0.3 is 0 Å². The lowest BCUT2D eigenvalue weighted by atomic mass is 10.1. The topological polar surface area (TPSA) is 91.7 Å². The van der Waals surface area contributed by atoms with Gasteiger partial charge in [-0.25, -0.2) is 4.99 Å². The van der Waals surface area contributed by atoms with Crippen molar-refractivity contribution in [3.05, 3.63) is 75.0 Å². The first kappa shape index (κ1) is 20.9. The van der Waals surface area contributed by atoms with E-state index in [-0.39, 0.29) is 11.8 Å². The minimum absolute atomic E-state index is 0.0606. The van der Waals surface area contributed by atoms with Crippen molar-refractivity contribution in [3.8, 4) is 37.7 Å². The van der Waals surface area contributed by atoms with Gasteiger partial charge in [-0.1, -0.05) is 0 Å². The highest BCUT2D eigenvalue weighted by molar-refractivity contribution is 7.19. The van der Waals surface area contributed by atoms with Gasteiger partial charge in [0.05, 0.1) is 42.0 Å². The number of hydrogen-bond acceptors (Lipinski definition) is 6. The highest BCUT2D eigenvalue weighted by Crippen LogP contribution is 2.44. The van der Waals surface area contributed by atoms with E-state index in [4.69, 9.17) is 8.83 Å². The van der Waals surface area contributed by atoms with Crippen molar-refractivity contribution in [2.75, 3.05) is 0 Å². The van der Waals surface area contributed by atoms with E-state index < -0.39 is 0 Å². The molecule has 1 aliphatic rings. The molecule has 0 radical (unpaired) electrons. The number of carbonyl (C=O) groups excluding carboxylic acids is 1. The van der Waals surface area contributed by atoms with Crippen LogP contribution in [-0.2, 0) is 0 Å². The van der Waals surface area contributed by atoms with Crippen LogP contribution in [0.5, 0.6) is 5.88 Å². The Morgan fingerprint density at radius 1 is 0.794 bits per heavy atom. The molecule has 0 atom stereocenters. The molecule has 0 saturated carbocycles. The molecule has 5 aromatic heterocycles. The van der Waals surface area contributed by atoms with E-state index in [1.807, 2.05) is 64.1 Å². The molecule has 0 spiro atoms. The van der Waals surface area contributed by atoms with Crippen molar-refractivity contribution in [1.82, 2.24) is 4.98 Å². The van der Waals surface area contributed by atoms with Gasteiger partial charge in [0, 0.05) is 0 Å². The van der Waals surface area contributed by atoms with Crippen LogP contribution in [0.25, 0.3) is 31.8 Å². The van der Waals surface area contributed by atoms with Gasteiger partial charge in [-0.2, -0.15) is 0 Å². The molecule has 1 amide bonds. The lowest BCUT2D eigenvalue weighted by Gasteiger charge is -1.97. The molecule has 6 nitrogen and oxygen atoms in total. The summed E-state index contributed by atoms with van der Waals surface area (Å²) in [7, 11) is 0. The first-order chi connectivity index (χ1) is 16.3. The third-order valence-corrected chi connectivity index (χ3v) is 8.06. The highest BCUT2D eigenvalue weighted by Gasteiger charge is 2.35. The Hall–Kier alpha value is -3.62. The number of amides is 1. The Kier molecular flexibility index (Phi) is 4.59. The van der Waals surface area contributed by atoms with Crippen molar-refractivity contribution in [1.29, 1.82) is 0 Å². The van der Waals surface area contributed by atoms with Crippen molar-refractivity contribution >= 4 is 34.3 Å². The molecule has 34 heavy (non-hydrogen) atoms. The Balaban J connectivity index is 1.39. The molecule has 170 valence electrons. The third-order valence-electron chi connectivity index (χ3n) is 5.87. The van der Waals surface area contributed by atoms with Gasteiger partial charge in [-0.15, -0.1) is 22.7 Å². The molecular weight excluding hydrogens is 468 g/mol. The summed E-state index contributed by atoms with van der Waals surface area (Å²) < 4.78 is 11.7. The van der Waals surface area contributed by atoms with E-state index in [1.165, 1.54) is 22.7 Å². The van der Waals surface area contributed by atoms with Gasteiger partial charge in [0.2, 0.25) is 0 Å². The first-order valence-electron chi connectivity index (χ1n) is 10.7. The summed E-state index contributed by atoms with van der Waals surface area (Å²) in [4.78, 5) is 23.8. The van der Waals surface area contributed by atoms with Crippen LogP contribution in [-0.4, -0.2) is 21.7 Å². The largest absolute Gasteiger partial charge is 0.494 e. The molecule has 0 saturated heterocycles. The van der Waals surface area contributed by atoms with E-state index >= 15 is 0 Å². The molecule has 0 aromatic carbocycles. The molecule has 0 unspecified atom stereocenters. The second-order valence-corrected chi connectivity index (χ2v) is 10.6. The van der Waals surface area contributed by atoms with Gasteiger partial charge in [0.1, 0.15) is 23.0 Å². The van der Waals surface area contributed by atoms with Crippen LogP contribution in [0.3, 0.4) is 0 Å². The average Bonchev–Trinajstić information content (AvgIpc) is 3.58. The van der Waals surface area contributed by atoms with Crippen LogP contribution in [0.1, 0.15) is 43.4 Å². The summed E-state index contributed by atoms with van der Waals surface area (Å²) in [5, 5.41) is 10.8. The number of aliphatic imine (C=N–C) groups is 1. The number of nitrogens with zero attached hydrogens (tertiary/aromatic N) is 1. The fraction of sp³-hybridized carbons (Fsp3) is 0.154. The fourth-order valence-electron chi connectivity index (χ4n) is 4.46. The highest BCUT2D eigenvalue weighted by atomic mass is 32.1. The number of carbonyl (C=O) groups is 1. The number of fused-ring (bicyclic) bond motifs is 1. The van der Waals surface area contributed by atoms with Crippen molar-refractivity contribution in [3.63, 3.8) is 0 Å². The molecule has 0 bridgehead atoms. The second-order valence-electron chi connectivity index (χ2n) is 8.43. The van der Waals surface area contributed by atoms with Crippen LogP contribution in [0.2, 0.25) is 0 Å². The quantitative estimate of drug-likeness (QED) is 0.279. The molecule has 0 fully saturated rings. The number of aromatic nitrogens is 1. The summed E-state index contributed by atoms with van der Waals surface area (Å²) in [6.07, 6.45) is 0. The minimum atomic E-state index is -0.364. The van der Waals surface area contributed by atoms with E-state index in [0.717, 1.165) is 53.7 Å². The second kappa shape index (κ2) is 7.44. The van der Waals surface area contributed by atoms with Crippen molar-refractivity contribution < 1.29 is 18.7 Å². The zero-order chi connectivity index (χ0) is 23.7. The standard InChI is InChI=1S/C26H20N2O4S2/c1-11-9-13(3)31-23(11)17-7-5-15(33-17)21-19-20(26(30)27-21)22(28-25(19)29)16-6-8-18(34-16)24-12(2)10-14(4)32-24/h5-10,27,30H,1-4H3. The number of thiophene rings is 2. The Labute approximate surface area is 203 Å². The molecule has 5 aromatic rings. The van der Waals surface area contributed by atoms with Gasteiger partial charge in [-0.3, -0.25) is 4.79 Å². The fourth-order valence-corrected chi connectivity index (χ4v) is 6.57. The zero-order valence-corrected chi connectivity index (χ0v) is 20.5. The number of hydrogen-bond donors (Lipinski definition) is 2. The SMILES string of the molecule is Cc1cc(C)c(-c2ccc(C3=NC(=O)c4c(-c5ccc(-c6oc(C)cc6C)s5)[nH]c(O)c43)s2)o1. The minimum Gasteiger partial charge on any atom is -0.494 e. The maximum atomic E-state index is 13.0. The summed E-state index contributed by atoms with van der Waals surface area (Å²) in [6.45, 7) is 7.85. The normalized spacial score (nSPS) is 13.1. The van der Waals surface area contributed by atoms with Crippen LogP contribution < -0.4 is 0 Å². The third kappa shape index (κ3) is 3.13. The van der Waals surface area contributed by atoms with Gasteiger partial charge in [-0.05, 0) is 75.2 Å².